The van der Waals surface area contributed by atoms with Crippen LogP contribution in [0.4, 0.5) is 0 Å². The van der Waals surface area contributed by atoms with E-state index in [1.54, 1.807) is 11.8 Å². The van der Waals surface area contributed by atoms with E-state index in [0.717, 1.165) is 30.2 Å². The molecule has 0 radical (unpaired) electrons. The molecule has 1 atom stereocenters. The molecule has 1 unspecified atom stereocenters. The van der Waals surface area contributed by atoms with Crippen LogP contribution in [0.3, 0.4) is 0 Å². The Bertz CT molecular complexity index is 428. The molecule has 1 aliphatic rings. The summed E-state index contributed by atoms with van der Waals surface area (Å²) in [7, 11) is 0. The lowest BCUT2D eigenvalue weighted by atomic mass is 10.1. The number of hydrogen-bond acceptors (Lipinski definition) is 3. The van der Waals surface area contributed by atoms with Crippen molar-refractivity contribution in [2.75, 3.05) is 18.8 Å². The van der Waals surface area contributed by atoms with Crippen LogP contribution < -0.4 is 5.73 Å². The summed E-state index contributed by atoms with van der Waals surface area (Å²) < 4.78 is 0. The predicted octanol–water partition coefficient (Wildman–Crippen LogP) is 2.94. The van der Waals surface area contributed by atoms with Gasteiger partial charge in [-0.1, -0.05) is 23.7 Å². The highest BCUT2D eigenvalue weighted by molar-refractivity contribution is 7.99. The number of likely N-dealkylation sites (tertiary alicyclic amines) is 1. The number of thioether (sulfide) groups is 1. The van der Waals surface area contributed by atoms with E-state index in [1.807, 2.05) is 29.2 Å². The molecule has 20 heavy (non-hydrogen) atoms. The Labute approximate surface area is 135 Å². The van der Waals surface area contributed by atoms with Crippen LogP contribution in [-0.4, -0.2) is 35.7 Å². The number of nitrogens with zero attached hydrogens (tertiary/aromatic N) is 1. The quantitative estimate of drug-likeness (QED) is 0.920. The van der Waals surface area contributed by atoms with Gasteiger partial charge in [0.25, 0.3) is 0 Å². The largest absolute Gasteiger partial charge is 0.340 e. The summed E-state index contributed by atoms with van der Waals surface area (Å²) >= 11 is 7.47. The molecule has 0 bridgehead atoms. The fourth-order valence-electron chi connectivity index (χ4n) is 2.16. The van der Waals surface area contributed by atoms with Gasteiger partial charge >= 0.3 is 0 Å². The number of hydrogen-bond donors (Lipinski definition) is 1. The third-order valence-electron chi connectivity index (χ3n) is 3.22. The summed E-state index contributed by atoms with van der Waals surface area (Å²) in [6.07, 6.45) is 2.05. The van der Waals surface area contributed by atoms with E-state index in [9.17, 15) is 4.79 Å². The number of piperidine rings is 1. The van der Waals surface area contributed by atoms with Crippen molar-refractivity contribution in [3.05, 3.63) is 34.9 Å². The molecule has 112 valence electrons. The van der Waals surface area contributed by atoms with Gasteiger partial charge in [-0.2, -0.15) is 0 Å². The van der Waals surface area contributed by atoms with E-state index < -0.39 is 0 Å². The molecule has 1 saturated heterocycles. The van der Waals surface area contributed by atoms with E-state index in [0.29, 0.717) is 12.3 Å². The van der Waals surface area contributed by atoms with Crippen LogP contribution in [0.15, 0.2) is 24.3 Å². The Morgan fingerprint density at radius 2 is 2.10 bits per heavy atom. The first-order chi connectivity index (χ1) is 9.15. The van der Waals surface area contributed by atoms with E-state index >= 15 is 0 Å². The summed E-state index contributed by atoms with van der Waals surface area (Å²) in [6.45, 7) is 1.56. The highest BCUT2D eigenvalue weighted by atomic mass is 35.5. The third-order valence-corrected chi connectivity index (χ3v) is 4.46. The van der Waals surface area contributed by atoms with Crippen molar-refractivity contribution in [1.82, 2.24) is 4.90 Å². The average Bonchev–Trinajstić information content (AvgIpc) is 2.41. The molecule has 6 heteroatoms. The fraction of sp³-hybridized carbons (Fsp3) is 0.500. The number of halogens is 2. The van der Waals surface area contributed by atoms with Gasteiger partial charge in [0.05, 0.1) is 5.75 Å². The standard InChI is InChI=1S/C14H19ClN2OS.ClH/c15-12-5-3-11(4-6-12)9-19-10-14(18)17-7-1-2-13(16)8-17;/h3-6,13H,1-2,7-10,16H2;1H. The molecule has 1 aromatic rings. The normalized spacial score (nSPS) is 18.5. The molecule has 1 aliphatic heterocycles. The van der Waals surface area contributed by atoms with Crippen LogP contribution in [0.5, 0.6) is 0 Å². The van der Waals surface area contributed by atoms with Crippen molar-refractivity contribution < 1.29 is 4.79 Å². The third kappa shape index (κ3) is 5.52. The lowest BCUT2D eigenvalue weighted by Gasteiger charge is -2.30. The van der Waals surface area contributed by atoms with Crippen molar-refractivity contribution in [1.29, 1.82) is 0 Å². The predicted molar refractivity (Wildman–Crippen MR) is 88.7 cm³/mol. The zero-order chi connectivity index (χ0) is 13.7. The van der Waals surface area contributed by atoms with Crippen molar-refractivity contribution in [2.45, 2.75) is 24.6 Å². The lowest BCUT2D eigenvalue weighted by molar-refractivity contribution is -0.129. The van der Waals surface area contributed by atoms with Gasteiger partial charge in [-0.25, -0.2) is 0 Å². The Morgan fingerprint density at radius 3 is 2.75 bits per heavy atom. The second-order valence-corrected chi connectivity index (χ2v) is 6.28. The van der Waals surface area contributed by atoms with E-state index in [2.05, 4.69) is 0 Å². The van der Waals surface area contributed by atoms with Crippen molar-refractivity contribution in [3.8, 4) is 0 Å². The zero-order valence-electron chi connectivity index (χ0n) is 11.3. The molecule has 0 aliphatic carbocycles. The highest BCUT2D eigenvalue weighted by Crippen LogP contribution is 2.17. The van der Waals surface area contributed by atoms with Crippen LogP contribution in [0.2, 0.25) is 5.02 Å². The van der Waals surface area contributed by atoms with Gasteiger partial charge in [0.15, 0.2) is 0 Å². The molecule has 1 aromatic carbocycles. The van der Waals surface area contributed by atoms with Crippen molar-refractivity contribution in [2.24, 2.45) is 5.73 Å². The molecule has 2 N–H and O–H groups in total. The maximum absolute atomic E-state index is 12.0. The summed E-state index contributed by atoms with van der Waals surface area (Å²) in [5, 5.41) is 0.743. The molecular formula is C14H20Cl2N2OS. The van der Waals surface area contributed by atoms with E-state index in [4.69, 9.17) is 17.3 Å². The maximum atomic E-state index is 12.0. The number of carbonyl (C=O) groups is 1. The first kappa shape index (κ1) is 17.6. The van der Waals surface area contributed by atoms with Crippen LogP contribution in [0, 0.1) is 0 Å². The van der Waals surface area contributed by atoms with E-state index in [1.165, 1.54) is 5.56 Å². The number of rotatable bonds is 4. The van der Waals surface area contributed by atoms with Gasteiger partial charge in [0.2, 0.25) is 5.91 Å². The minimum Gasteiger partial charge on any atom is -0.340 e. The molecule has 0 aromatic heterocycles. The molecule has 3 nitrogen and oxygen atoms in total. The summed E-state index contributed by atoms with van der Waals surface area (Å²) in [4.78, 5) is 13.9. The Hall–Kier alpha value is -0.420. The molecule has 1 heterocycles. The average molecular weight is 335 g/mol. The number of carbonyl (C=O) groups excluding carboxylic acids is 1. The molecule has 0 spiro atoms. The van der Waals surface area contributed by atoms with Crippen LogP contribution in [0.1, 0.15) is 18.4 Å². The Balaban J connectivity index is 0.00000200. The van der Waals surface area contributed by atoms with Gasteiger partial charge in [-0.3, -0.25) is 4.79 Å². The first-order valence-electron chi connectivity index (χ1n) is 6.50. The Morgan fingerprint density at radius 1 is 1.40 bits per heavy atom. The molecule has 0 saturated carbocycles. The highest BCUT2D eigenvalue weighted by Gasteiger charge is 2.20. The SMILES string of the molecule is Cl.NC1CCCN(C(=O)CSCc2ccc(Cl)cc2)C1. The van der Waals surface area contributed by atoms with Crippen LogP contribution in [0.25, 0.3) is 0 Å². The molecule has 1 amide bonds. The van der Waals surface area contributed by atoms with Gasteiger partial charge in [0.1, 0.15) is 0 Å². The number of benzene rings is 1. The fourth-order valence-corrected chi connectivity index (χ4v) is 3.18. The topological polar surface area (TPSA) is 46.3 Å². The van der Waals surface area contributed by atoms with Gasteiger partial charge < -0.3 is 10.6 Å². The molecule has 1 fully saturated rings. The minimum atomic E-state index is 0. The Kier molecular flexibility index (Phi) is 7.74. The van der Waals surface area contributed by atoms with Crippen molar-refractivity contribution >= 4 is 41.7 Å². The number of amides is 1. The lowest BCUT2D eigenvalue weighted by Crippen LogP contribution is -2.46. The number of nitrogens with two attached hydrogens (primary N) is 1. The molecule has 2 rings (SSSR count). The molecular weight excluding hydrogens is 315 g/mol. The van der Waals surface area contributed by atoms with E-state index in [-0.39, 0.29) is 24.4 Å². The van der Waals surface area contributed by atoms with Gasteiger partial charge in [-0.05, 0) is 30.5 Å². The monoisotopic (exact) mass is 334 g/mol. The zero-order valence-corrected chi connectivity index (χ0v) is 13.6. The first-order valence-corrected chi connectivity index (χ1v) is 8.04. The summed E-state index contributed by atoms with van der Waals surface area (Å²) in [6, 6.07) is 7.90. The van der Waals surface area contributed by atoms with Crippen LogP contribution in [-0.2, 0) is 10.5 Å². The second kappa shape index (κ2) is 8.78. The smallest absolute Gasteiger partial charge is 0.232 e. The second-order valence-electron chi connectivity index (χ2n) is 4.86. The van der Waals surface area contributed by atoms with Gasteiger partial charge in [0, 0.05) is 29.9 Å². The van der Waals surface area contributed by atoms with Crippen molar-refractivity contribution in [3.63, 3.8) is 0 Å². The summed E-state index contributed by atoms with van der Waals surface area (Å²) in [5.74, 6) is 1.56. The van der Waals surface area contributed by atoms with Gasteiger partial charge in [-0.15, -0.1) is 24.2 Å². The van der Waals surface area contributed by atoms with Crippen LogP contribution >= 0.6 is 35.8 Å². The minimum absolute atomic E-state index is 0. The maximum Gasteiger partial charge on any atom is 0.232 e. The summed E-state index contributed by atoms with van der Waals surface area (Å²) in [5.41, 5.74) is 7.08.